The van der Waals surface area contributed by atoms with Gasteiger partial charge in [-0.25, -0.2) is 4.98 Å². The van der Waals surface area contributed by atoms with Crippen molar-refractivity contribution in [2.24, 2.45) is 0 Å². The van der Waals surface area contributed by atoms with E-state index in [0.717, 1.165) is 10.0 Å². The molecule has 0 spiro atoms. The highest BCUT2D eigenvalue weighted by Gasteiger charge is 2.21. The van der Waals surface area contributed by atoms with Crippen LogP contribution < -0.4 is 11.1 Å². The Balaban J connectivity index is 2.84. The molecule has 0 atom stereocenters. The number of halogens is 1. The van der Waals surface area contributed by atoms with E-state index in [0.29, 0.717) is 11.5 Å². The monoisotopic (exact) mass is 315 g/mol. The lowest BCUT2D eigenvalue weighted by Crippen LogP contribution is -2.37. The summed E-state index contributed by atoms with van der Waals surface area (Å²) < 4.78 is 5.86. The molecule has 0 saturated heterocycles. The van der Waals surface area contributed by atoms with Gasteiger partial charge < -0.3 is 15.8 Å². The van der Waals surface area contributed by atoms with Gasteiger partial charge in [-0.15, -0.1) is 0 Å². The molecule has 1 aromatic heterocycles. The first-order chi connectivity index (χ1) is 8.23. The Bertz CT molecular complexity index is 461. The number of nitrogen functional groups attached to an aromatic ring is 1. The molecule has 0 radical (unpaired) electrons. The first-order valence-electron chi connectivity index (χ1n) is 5.55. The SMILES string of the molecule is CC(=O)OCC(C)(C)Nc1ncc(Br)c(C)c1N. The summed E-state index contributed by atoms with van der Waals surface area (Å²) in [5.41, 5.74) is 7.06. The topological polar surface area (TPSA) is 77.2 Å². The second-order valence-corrected chi connectivity index (χ2v) is 5.64. The van der Waals surface area contributed by atoms with Gasteiger partial charge in [0.2, 0.25) is 0 Å². The molecule has 1 aromatic rings. The Morgan fingerprint density at radius 1 is 1.61 bits per heavy atom. The quantitative estimate of drug-likeness (QED) is 0.835. The number of pyridine rings is 1. The molecule has 1 heterocycles. The zero-order valence-corrected chi connectivity index (χ0v) is 12.6. The average molecular weight is 316 g/mol. The van der Waals surface area contributed by atoms with E-state index < -0.39 is 5.54 Å². The second-order valence-electron chi connectivity index (χ2n) is 4.78. The summed E-state index contributed by atoms with van der Waals surface area (Å²) in [5.74, 6) is 0.283. The lowest BCUT2D eigenvalue weighted by atomic mass is 10.1. The van der Waals surface area contributed by atoms with Crippen LogP contribution in [0.1, 0.15) is 26.3 Å². The molecule has 0 fully saturated rings. The van der Waals surface area contributed by atoms with Crippen molar-refractivity contribution in [1.29, 1.82) is 0 Å². The zero-order valence-electron chi connectivity index (χ0n) is 11.0. The Labute approximate surface area is 115 Å². The molecule has 0 aromatic carbocycles. The number of hydrogen-bond acceptors (Lipinski definition) is 5. The zero-order chi connectivity index (χ0) is 13.9. The minimum atomic E-state index is -0.437. The largest absolute Gasteiger partial charge is 0.463 e. The third-order valence-corrected chi connectivity index (χ3v) is 3.22. The molecule has 0 bridgehead atoms. The van der Waals surface area contributed by atoms with Crippen LogP contribution in [0.25, 0.3) is 0 Å². The Kier molecular flexibility index (Phi) is 4.56. The number of nitrogens with one attached hydrogen (secondary N) is 1. The van der Waals surface area contributed by atoms with Crippen molar-refractivity contribution in [2.45, 2.75) is 33.2 Å². The Morgan fingerprint density at radius 3 is 2.78 bits per heavy atom. The predicted molar refractivity (Wildman–Crippen MR) is 75.4 cm³/mol. The van der Waals surface area contributed by atoms with Gasteiger partial charge in [0.05, 0.1) is 11.2 Å². The number of hydrogen-bond donors (Lipinski definition) is 2. The summed E-state index contributed by atoms with van der Waals surface area (Å²) in [6.07, 6.45) is 1.69. The summed E-state index contributed by atoms with van der Waals surface area (Å²) >= 11 is 3.37. The van der Waals surface area contributed by atoms with Crippen LogP contribution in [0.5, 0.6) is 0 Å². The van der Waals surface area contributed by atoms with Crippen LogP contribution >= 0.6 is 15.9 Å². The van der Waals surface area contributed by atoms with E-state index in [1.807, 2.05) is 20.8 Å². The summed E-state index contributed by atoms with van der Waals surface area (Å²) in [4.78, 5) is 15.0. The van der Waals surface area contributed by atoms with Gasteiger partial charge in [0.25, 0.3) is 0 Å². The van der Waals surface area contributed by atoms with E-state index in [9.17, 15) is 4.79 Å². The van der Waals surface area contributed by atoms with Crippen LogP contribution in [0.2, 0.25) is 0 Å². The van der Waals surface area contributed by atoms with Gasteiger partial charge in [-0.2, -0.15) is 0 Å². The predicted octanol–water partition coefficient (Wildman–Crippen LogP) is 2.49. The first kappa shape index (κ1) is 14.8. The van der Waals surface area contributed by atoms with Crippen LogP contribution in [0.15, 0.2) is 10.7 Å². The second kappa shape index (κ2) is 5.56. The third-order valence-electron chi connectivity index (χ3n) is 2.42. The fourth-order valence-electron chi connectivity index (χ4n) is 1.33. The van der Waals surface area contributed by atoms with Crippen molar-refractivity contribution in [3.8, 4) is 0 Å². The minimum absolute atomic E-state index is 0.249. The van der Waals surface area contributed by atoms with Crippen molar-refractivity contribution in [1.82, 2.24) is 4.98 Å². The molecule has 0 aliphatic rings. The van der Waals surface area contributed by atoms with Gasteiger partial charge >= 0.3 is 5.97 Å². The van der Waals surface area contributed by atoms with Crippen molar-refractivity contribution < 1.29 is 9.53 Å². The normalized spacial score (nSPS) is 11.2. The highest BCUT2D eigenvalue weighted by Crippen LogP contribution is 2.28. The van der Waals surface area contributed by atoms with Crippen molar-refractivity contribution in [3.05, 3.63) is 16.2 Å². The van der Waals surface area contributed by atoms with Gasteiger partial charge in [0.15, 0.2) is 0 Å². The van der Waals surface area contributed by atoms with Crippen LogP contribution in [-0.4, -0.2) is 23.1 Å². The standard InChI is InChI=1S/C12H18BrN3O2/c1-7-9(13)5-15-11(10(7)14)16-12(3,4)6-18-8(2)17/h5H,6,14H2,1-4H3,(H,15,16). The van der Waals surface area contributed by atoms with Gasteiger partial charge in [-0.05, 0) is 42.3 Å². The number of nitrogens with zero attached hydrogens (tertiary/aromatic N) is 1. The molecule has 100 valence electrons. The van der Waals surface area contributed by atoms with Crippen molar-refractivity contribution in [3.63, 3.8) is 0 Å². The molecule has 18 heavy (non-hydrogen) atoms. The lowest BCUT2D eigenvalue weighted by molar-refractivity contribution is -0.142. The highest BCUT2D eigenvalue weighted by atomic mass is 79.9. The molecule has 0 unspecified atom stereocenters. The highest BCUT2D eigenvalue weighted by molar-refractivity contribution is 9.10. The van der Waals surface area contributed by atoms with E-state index in [-0.39, 0.29) is 12.6 Å². The molecule has 6 heteroatoms. The average Bonchev–Trinajstić information content (AvgIpc) is 2.28. The molecular weight excluding hydrogens is 298 g/mol. The van der Waals surface area contributed by atoms with E-state index >= 15 is 0 Å². The number of anilines is 2. The lowest BCUT2D eigenvalue weighted by Gasteiger charge is -2.27. The number of carbonyl (C=O) groups is 1. The van der Waals surface area contributed by atoms with Crippen LogP contribution in [0, 0.1) is 6.92 Å². The first-order valence-corrected chi connectivity index (χ1v) is 6.34. The van der Waals surface area contributed by atoms with Crippen LogP contribution in [-0.2, 0) is 9.53 Å². The van der Waals surface area contributed by atoms with Gasteiger partial charge in [-0.1, -0.05) is 0 Å². The smallest absolute Gasteiger partial charge is 0.302 e. The van der Waals surface area contributed by atoms with E-state index in [1.165, 1.54) is 6.92 Å². The Hall–Kier alpha value is -1.30. The van der Waals surface area contributed by atoms with E-state index in [2.05, 4.69) is 26.2 Å². The summed E-state index contributed by atoms with van der Waals surface area (Å²) in [6.45, 7) is 7.36. The van der Waals surface area contributed by atoms with Crippen molar-refractivity contribution >= 4 is 33.4 Å². The summed E-state index contributed by atoms with van der Waals surface area (Å²) in [5, 5.41) is 3.18. The maximum absolute atomic E-state index is 10.8. The molecular formula is C12H18BrN3O2. The molecule has 0 amide bonds. The number of esters is 1. The molecule has 5 nitrogen and oxygen atoms in total. The molecule has 1 rings (SSSR count). The fourth-order valence-corrected chi connectivity index (χ4v) is 1.65. The molecule has 0 saturated carbocycles. The van der Waals surface area contributed by atoms with E-state index in [1.54, 1.807) is 6.20 Å². The van der Waals surface area contributed by atoms with Crippen LogP contribution in [0.3, 0.4) is 0 Å². The van der Waals surface area contributed by atoms with Gasteiger partial charge in [-0.3, -0.25) is 4.79 Å². The number of nitrogens with two attached hydrogens (primary N) is 1. The maximum Gasteiger partial charge on any atom is 0.302 e. The fraction of sp³-hybridized carbons (Fsp3) is 0.500. The molecule has 0 aliphatic heterocycles. The summed E-state index contributed by atoms with van der Waals surface area (Å²) in [7, 11) is 0. The van der Waals surface area contributed by atoms with E-state index in [4.69, 9.17) is 10.5 Å². The third kappa shape index (κ3) is 3.87. The number of rotatable bonds is 4. The maximum atomic E-state index is 10.8. The van der Waals surface area contributed by atoms with Gasteiger partial charge in [0, 0.05) is 17.6 Å². The Morgan fingerprint density at radius 2 is 2.22 bits per heavy atom. The molecule has 3 N–H and O–H groups in total. The summed E-state index contributed by atoms with van der Waals surface area (Å²) in [6, 6.07) is 0. The van der Waals surface area contributed by atoms with Gasteiger partial charge in [0.1, 0.15) is 12.4 Å². The van der Waals surface area contributed by atoms with Crippen LogP contribution in [0.4, 0.5) is 11.5 Å². The minimum Gasteiger partial charge on any atom is -0.463 e. The van der Waals surface area contributed by atoms with Crippen molar-refractivity contribution in [2.75, 3.05) is 17.7 Å². The molecule has 0 aliphatic carbocycles. The number of ether oxygens (including phenoxy) is 1. The number of carbonyl (C=O) groups excluding carboxylic acids is 1. The number of aromatic nitrogens is 1.